The number of anilines is 2. The molecule has 1 aliphatic heterocycles. The van der Waals surface area contributed by atoms with Gasteiger partial charge in [0.15, 0.2) is 5.65 Å². The molecule has 3 aromatic heterocycles. The van der Waals surface area contributed by atoms with Gasteiger partial charge in [-0.15, -0.1) is 0 Å². The molecular weight excluding hydrogens is 360 g/mol. The van der Waals surface area contributed by atoms with Gasteiger partial charge in [-0.1, -0.05) is 0 Å². The lowest BCUT2D eigenvalue weighted by molar-refractivity contribution is 0.185. The number of aryl methyl sites for hydroxylation is 1. The predicted molar refractivity (Wildman–Crippen MR) is 104 cm³/mol. The van der Waals surface area contributed by atoms with Gasteiger partial charge in [-0.3, -0.25) is 10.00 Å². The minimum atomic E-state index is -0.157. The Hall–Kier alpha value is -3.27. The Balaban J connectivity index is 1.39. The van der Waals surface area contributed by atoms with Crippen LogP contribution in [0.1, 0.15) is 5.56 Å². The smallest absolute Gasteiger partial charge is 0.323 e. The van der Waals surface area contributed by atoms with E-state index in [1.807, 2.05) is 19.2 Å². The van der Waals surface area contributed by atoms with Crippen LogP contribution >= 0.6 is 0 Å². The molecule has 0 atom stereocenters. The second kappa shape index (κ2) is 7.77. The number of urea groups is 1. The van der Waals surface area contributed by atoms with E-state index in [1.165, 1.54) is 0 Å². The first-order valence-electron chi connectivity index (χ1n) is 9.03. The minimum absolute atomic E-state index is 0.157. The molecule has 0 radical (unpaired) electrons. The Kier molecular flexibility index (Phi) is 5.02. The maximum atomic E-state index is 12.6. The van der Waals surface area contributed by atoms with E-state index in [-0.39, 0.29) is 6.03 Å². The lowest BCUT2D eigenvalue weighted by atomic mass is 10.2. The summed E-state index contributed by atoms with van der Waals surface area (Å²) in [4.78, 5) is 29.4. The van der Waals surface area contributed by atoms with E-state index in [0.29, 0.717) is 38.6 Å². The number of ether oxygens (including phenoxy) is 1. The van der Waals surface area contributed by atoms with Crippen LogP contribution in [0.5, 0.6) is 0 Å². The first-order valence-corrected chi connectivity index (χ1v) is 9.03. The van der Waals surface area contributed by atoms with Crippen molar-refractivity contribution in [3.8, 4) is 0 Å². The van der Waals surface area contributed by atoms with Gasteiger partial charge in [0, 0.05) is 46.5 Å². The maximum absolute atomic E-state index is 12.6. The maximum Gasteiger partial charge on any atom is 0.323 e. The molecule has 0 bridgehead atoms. The number of pyridine rings is 1. The molecule has 0 unspecified atom stereocenters. The van der Waals surface area contributed by atoms with Gasteiger partial charge in [0.05, 0.1) is 18.2 Å². The Morgan fingerprint density at radius 3 is 2.82 bits per heavy atom. The van der Waals surface area contributed by atoms with Crippen LogP contribution in [0.2, 0.25) is 0 Å². The summed E-state index contributed by atoms with van der Waals surface area (Å²) in [5.74, 6) is 1.38. The molecule has 3 aromatic rings. The number of carbonyl (C=O) groups is 1. The molecule has 1 fully saturated rings. The quantitative estimate of drug-likeness (QED) is 0.725. The first kappa shape index (κ1) is 18.1. The van der Waals surface area contributed by atoms with Gasteiger partial charge in [0.2, 0.25) is 0 Å². The van der Waals surface area contributed by atoms with Gasteiger partial charge in [0.1, 0.15) is 18.0 Å². The average molecular weight is 382 g/mol. The second-order valence-electron chi connectivity index (χ2n) is 6.59. The van der Waals surface area contributed by atoms with Gasteiger partial charge < -0.3 is 14.5 Å². The zero-order valence-corrected chi connectivity index (χ0v) is 15.9. The highest BCUT2D eigenvalue weighted by Gasteiger charge is 2.24. The fourth-order valence-electron chi connectivity index (χ4n) is 3.31. The monoisotopic (exact) mass is 382 g/mol. The van der Waals surface area contributed by atoms with Gasteiger partial charge in [-0.05, 0) is 17.7 Å². The second-order valence-corrected chi connectivity index (χ2v) is 6.59. The standard InChI is InChI=1S/C18H22N8O2/c1-24-16-14(10-22-24)17(21-12-20-16)25-5-7-26(8-6-25)18(27)23-15-9-13(11-28-2)3-4-19-15/h3-4,9-10,12H,5-8,11H2,1-2H3,(H,19,23,27). The van der Waals surface area contributed by atoms with Crippen LogP contribution in [-0.2, 0) is 18.4 Å². The largest absolute Gasteiger partial charge is 0.380 e. The minimum Gasteiger partial charge on any atom is -0.380 e. The number of amides is 2. The average Bonchev–Trinajstić information content (AvgIpc) is 3.10. The third kappa shape index (κ3) is 3.58. The van der Waals surface area contributed by atoms with Gasteiger partial charge in [-0.2, -0.15) is 5.10 Å². The van der Waals surface area contributed by atoms with Crippen molar-refractivity contribution < 1.29 is 9.53 Å². The number of piperazine rings is 1. The van der Waals surface area contributed by atoms with Gasteiger partial charge >= 0.3 is 6.03 Å². The van der Waals surface area contributed by atoms with Crippen LogP contribution in [-0.4, -0.2) is 69.0 Å². The normalized spacial score (nSPS) is 14.5. The number of aromatic nitrogens is 5. The van der Waals surface area contributed by atoms with Crippen molar-refractivity contribution in [2.45, 2.75) is 6.61 Å². The van der Waals surface area contributed by atoms with Crippen molar-refractivity contribution in [3.05, 3.63) is 36.4 Å². The highest BCUT2D eigenvalue weighted by molar-refractivity contribution is 5.89. The van der Waals surface area contributed by atoms with E-state index in [2.05, 4.69) is 30.3 Å². The van der Waals surface area contributed by atoms with E-state index in [9.17, 15) is 4.79 Å². The molecule has 4 heterocycles. The molecule has 10 nitrogen and oxygen atoms in total. The molecule has 28 heavy (non-hydrogen) atoms. The summed E-state index contributed by atoms with van der Waals surface area (Å²) in [6.07, 6.45) is 5.00. The molecule has 2 amide bonds. The zero-order valence-electron chi connectivity index (χ0n) is 15.9. The number of carbonyl (C=O) groups excluding carboxylic acids is 1. The fourth-order valence-corrected chi connectivity index (χ4v) is 3.31. The molecule has 0 saturated carbocycles. The lowest BCUT2D eigenvalue weighted by Crippen LogP contribution is -2.50. The summed E-state index contributed by atoms with van der Waals surface area (Å²) in [7, 11) is 3.49. The topological polar surface area (TPSA) is 101 Å². The van der Waals surface area contributed by atoms with Crippen molar-refractivity contribution in [1.82, 2.24) is 29.6 Å². The van der Waals surface area contributed by atoms with Crippen LogP contribution in [0.15, 0.2) is 30.9 Å². The van der Waals surface area contributed by atoms with E-state index in [0.717, 1.165) is 22.4 Å². The number of fused-ring (bicyclic) bond motifs is 1. The first-order chi connectivity index (χ1) is 13.7. The van der Waals surface area contributed by atoms with E-state index in [4.69, 9.17) is 4.74 Å². The van der Waals surface area contributed by atoms with Crippen molar-refractivity contribution in [1.29, 1.82) is 0 Å². The molecule has 4 rings (SSSR count). The molecule has 1 saturated heterocycles. The Morgan fingerprint density at radius 1 is 1.21 bits per heavy atom. The molecular formula is C18H22N8O2. The highest BCUT2D eigenvalue weighted by atomic mass is 16.5. The summed E-state index contributed by atoms with van der Waals surface area (Å²) in [5.41, 5.74) is 1.76. The van der Waals surface area contributed by atoms with Crippen molar-refractivity contribution >= 4 is 28.7 Å². The summed E-state index contributed by atoms with van der Waals surface area (Å²) in [5, 5.41) is 8.04. The molecule has 0 spiro atoms. The van der Waals surface area contributed by atoms with Crippen LogP contribution in [0.25, 0.3) is 11.0 Å². The number of hydrogen-bond acceptors (Lipinski definition) is 7. The van der Waals surface area contributed by atoms with Gasteiger partial charge in [0.25, 0.3) is 0 Å². The number of nitrogens with one attached hydrogen (secondary N) is 1. The van der Waals surface area contributed by atoms with Crippen LogP contribution < -0.4 is 10.2 Å². The van der Waals surface area contributed by atoms with E-state index < -0.39 is 0 Å². The predicted octanol–water partition coefficient (Wildman–Crippen LogP) is 1.26. The van der Waals surface area contributed by atoms with Crippen LogP contribution in [0, 0.1) is 0 Å². The zero-order chi connectivity index (χ0) is 19.5. The number of rotatable bonds is 4. The third-order valence-electron chi connectivity index (χ3n) is 4.75. The molecule has 10 heteroatoms. The third-order valence-corrected chi connectivity index (χ3v) is 4.75. The van der Waals surface area contributed by atoms with E-state index >= 15 is 0 Å². The van der Waals surface area contributed by atoms with E-state index in [1.54, 1.807) is 35.4 Å². The summed E-state index contributed by atoms with van der Waals surface area (Å²) < 4.78 is 6.85. The molecule has 0 aromatic carbocycles. The molecule has 1 N–H and O–H groups in total. The Morgan fingerprint density at radius 2 is 2.04 bits per heavy atom. The van der Waals surface area contributed by atoms with Crippen LogP contribution in [0.3, 0.4) is 0 Å². The number of methoxy groups -OCH3 is 1. The molecule has 0 aliphatic carbocycles. The van der Waals surface area contributed by atoms with Gasteiger partial charge in [-0.25, -0.2) is 19.7 Å². The Bertz CT molecular complexity index is 981. The molecule has 1 aliphatic rings. The summed E-state index contributed by atoms with van der Waals surface area (Å²) >= 11 is 0. The van der Waals surface area contributed by atoms with Crippen molar-refractivity contribution in [3.63, 3.8) is 0 Å². The fraction of sp³-hybridized carbons (Fsp3) is 0.389. The highest BCUT2D eigenvalue weighted by Crippen LogP contribution is 2.23. The molecule has 146 valence electrons. The summed E-state index contributed by atoms with van der Waals surface area (Å²) in [6.45, 7) is 3.04. The lowest BCUT2D eigenvalue weighted by Gasteiger charge is -2.35. The van der Waals surface area contributed by atoms with Crippen molar-refractivity contribution in [2.75, 3.05) is 43.5 Å². The van der Waals surface area contributed by atoms with Crippen LogP contribution in [0.4, 0.5) is 16.4 Å². The Labute approximate surface area is 162 Å². The van der Waals surface area contributed by atoms with Crippen molar-refractivity contribution in [2.24, 2.45) is 7.05 Å². The summed E-state index contributed by atoms with van der Waals surface area (Å²) in [6, 6.07) is 3.52. The number of hydrogen-bond donors (Lipinski definition) is 1. The number of nitrogens with zero attached hydrogens (tertiary/aromatic N) is 7. The SMILES string of the molecule is COCc1ccnc(NC(=O)N2CCN(c3ncnc4c3cnn4C)CC2)c1.